The predicted molar refractivity (Wildman–Crippen MR) is 156 cm³/mol. The van der Waals surface area contributed by atoms with Crippen LogP contribution in [0.25, 0.3) is 21.8 Å². The number of rotatable bonds is 6. The molecule has 0 aliphatic carbocycles. The third-order valence-corrected chi connectivity index (χ3v) is 9.28. The number of benzene rings is 4. The molecule has 6 rings (SSSR count). The Labute approximate surface area is 237 Å². The monoisotopic (exact) mass is 568 g/mol. The number of amides is 1. The Morgan fingerprint density at radius 1 is 0.927 bits per heavy atom. The van der Waals surface area contributed by atoms with Crippen molar-refractivity contribution in [3.63, 3.8) is 0 Å². The van der Waals surface area contributed by atoms with E-state index in [0.29, 0.717) is 39.7 Å². The van der Waals surface area contributed by atoms with E-state index in [4.69, 9.17) is 9.47 Å². The summed E-state index contributed by atoms with van der Waals surface area (Å²) in [7, 11) is -1.45. The molecule has 8 nitrogen and oxygen atoms in total. The smallest absolute Gasteiger partial charge is 0.340 e. The second kappa shape index (κ2) is 9.78. The van der Waals surface area contributed by atoms with E-state index in [2.05, 4.69) is 0 Å². The number of esters is 1. The molecule has 1 aromatic heterocycles. The van der Waals surface area contributed by atoms with Gasteiger partial charge >= 0.3 is 5.97 Å². The van der Waals surface area contributed by atoms with Crippen LogP contribution < -0.4 is 4.74 Å². The van der Waals surface area contributed by atoms with E-state index in [0.717, 1.165) is 20.7 Å². The van der Waals surface area contributed by atoms with Gasteiger partial charge in [0.25, 0.3) is 15.9 Å². The molecule has 0 fully saturated rings. The Balaban J connectivity index is 1.68. The largest absolute Gasteiger partial charge is 0.497 e. The van der Waals surface area contributed by atoms with E-state index < -0.39 is 16.0 Å². The number of ether oxygens (including phenoxy) is 2. The molecular formula is C32H28N2O6S. The second-order valence-electron chi connectivity index (χ2n) is 10.3. The minimum Gasteiger partial charge on any atom is -0.497 e. The first kappa shape index (κ1) is 26.6. The van der Waals surface area contributed by atoms with Crippen molar-refractivity contribution in [2.24, 2.45) is 0 Å². The lowest BCUT2D eigenvalue weighted by atomic mass is 9.98. The maximum absolute atomic E-state index is 14.3. The summed E-state index contributed by atoms with van der Waals surface area (Å²) < 4.78 is 40.3. The molecule has 0 bridgehead atoms. The van der Waals surface area contributed by atoms with E-state index in [-0.39, 0.29) is 28.4 Å². The van der Waals surface area contributed by atoms with Crippen LogP contribution in [-0.2, 0) is 27.8 Å². The van der Waals surface area contributed by atoms with Gasteiger partial charge in [-0.25, -0.2) is 17.2 Å². The van der Waals surface area contributed by atoms with E-state index in [1.54, 1.807) is 41.3 Å². The number of nitrogens with zero attached hydrogens (tertiary/aromatic N) is 2. The Morgan fingerprint density at radius 3 is 2.37 bits per heavy atom. The highest BCUT2D eigenvalue weighted by atomic mass is 32.2. The van der Waals surface area contributed by atoms with E-state index in [9.17, 15) is 18.0 Å². The lowest BCUT2D eigenvalue weighted by Crippen LogP contribution is -2.23. The van der Waals surface area contributed by atoms with E-state index in [1.165, 1.54) is 20.3 Å². The first-order valence-corrected chi connectivity index (χ1v) is 14.5. The maximum Gasteiger partial charge on any atom is 0.340 e. The highest BCUT2D eigenvalue weighted by molar-refractivity contribution is 7.90. The summed E-state index contributed by atoms with van der Waals surface area (Å²) in [5.41, 5.74) is 4.35. The fourth-order valence-electron chi connectivity index (χ4n) is 5.58. The number of carbonyl (C=O) groups excluding carboxylic acids is 2. The van der Waals surface area contributed by atoms with Gasteiger partial charge in [-0.3, -0.25) is 4.79 Å². The first-order chi connectivity index (χ1) is 19.6. The summed E-state index contributed by atoms with van der Waals surface area (Å²) in [6, 6.07) is 21.1. The molecule has 0 spiro atoms. The van der Waals surface area contributed by atoms with Crippen molar-refractivity contribution in [2.75, 3.05) is 14.2 Å². The van der Waals surface area contributed by atoms with Gasteiger partial charge in [-0.2, -0.15) is 0 Å². The molecule has 5 aromatic rings. The Bertz CT molecular complexity index is 1990. The van der Waals surface area contributed by atoms with Gasteiger partial charge in [-0.1, -0.05) is 42.0 Å². The molecule has 4 aromatic carbocycles. The van der Waals surface area contributed by atoms with Crippen LogP contribution in [0.5, 0.6) is 5.75 Å². The average Bonchev–Trinajstić information content (AvgIpc) is 3.47. The SMILES string of the molecule is COC(=O)c1cc2c(c3c4cc(OC)ccc4n(S(=O)(=O)c4cccc(C)c4)c13)C(=O)N(Cc1ccc(C)cc1)C2. The molecule has 9 heteroatoms. The van der Waals surface area contributed by atoms with Crippen LogP contribution in [0.4, 0.5) is 0 Å². The lowest BCUT2D eigenvalue weighted by Gasteiger charge is -2.15. The third-order valence-electron chi connectivity index (χ3n) is 7.57. The summed E-state index contributed by atoms with van der Waals surface area (Å²) in [5.74, 6) is -0.446. The molecule has 0 N–H and O–H groups in total. The summed E-state index contributed by atoms with van der Waals surface area (Å²) in [4.78, 5) is 29.0. The van der Waals surface area contributed by atoms with Crippen molar-refractivity contribution in [3.8, 4) is 5.75 Å². The van der Waals surface area contributed by atoms with Crippen LogP contribution in [0.3, 0.4) is 0 Å². The van der Waals surface area contributed by atoms with Gasteiger partial charge in [0.1, 0.15) is 5.75 Å². The van der Waals surface area contributed by atoms with Crippen molar-refractivity contribution < 1.29 is 27.5 Å². The highest BCUT2D eigenvalue weighted by Gasteiger charge is 2.36. The van der Waals surface area contributed by atoms with Crippen LogP contribution in [0.15, 0.2) is 77.7 Å². The van der Waals surface area contributed by atoms with E-state index >= 15 is 0 Å². The maximum atomic E-state index is 14.3. The van der Waals surface area contributed by atoms with Gasteiger partial charge < -0.3 is 14.4 Å². The van der Waals surface area contributed by atoms with Crippen LogP contribution in [-0.4, -0.2) is 43.4 Å². The number of aryl methyl sites for hydroxylation is 2. The van der Waals surface area contributed by atoms with Crippen molar-refractivity contribution in [3.05, 3.63) is 106 Å². The molecule has 1 aliphatic rings. The number of aromatic nitrogens is 1. The van der Waals surface area contributed by atoms with Gasteiger partial charge in [0.15, 0.2) is 0 Å². The van der Waals surface area contributed by atoms with Crippen molar-refractivity contribution in [1.82, 2.24) is 8.87 Å². The van der Waals surface area contributed by atoms with Gasteiger partial charge in [-0.05, 0) is 66.9 Å². The van der Waals surface area contributed by atoms with Gasteiger partial charge in [0, 0.05) is 23.9 Å². The van der Waals surface area contributed by atoms with Crippen molar-refractivity contribution >= 4 is 43.7 Å². The zero-order valence-electron chi connectivity index (χ0n) is 23.1. The molecule has 41 heavy (non-hydrogen) atoms. The minimum atomic E-state index is -4.21. The quantitative estimate of drug-likeness (QED) is 0.248. The molecule has 0 radical (unpaired) electrons. The number of carbonyl (C=O) groups is 2. The van der Waals surface area contributed by atoms with Crippen LogP contribution in [0.1, 0.15) is 43.0 Å². The summed E-state index contributed by atoms with van der Waals surface area (Å²) >= 11 is 0. The number of methoxy groups -OCH3 is 2. The molecule has 0 saturated heterocycles. The average molecular weight is 569 g/mol. The molecule has 0 atom stereocenters. The van der Waals surface area contributed by atoms with Gasteiger partial charge in [0.05, 0.1) is 41.3 Å². The normalized spacial score (nSPS) is 13.2. The Morgan fingerprint density at radius 2 is 1.68 bits per heavy atom. The zero-order valence-corrected chi connectivity index (χ0v) is 23.9. The summed E-state index contributed by atoms with van der Waals surface area (Å²) in [6.45, 7) is 4.44. The highest BCUT2D eigenvalue weighted by Crippen LogP contribution is 2.42. The zero-order chi connectivity index (χ0) is 29.1. The minimum absolute atomic E-state index is 0.0655. The van der Waals surface area contributed by atoms with Gasteiger partial charge in [0.2, 0.25) is 0 Å². The Kier molecular flexibility index (Phi) is 6.34. The number of hydrogen-bond acceptors (Lipinski definition) is 6. The molecular weight excluding hydrogens is 540 g/mol. The molecule has 0 unspecified atom stereocenters. The predicted octanol–water partition coefficient (Wildman–Crippen LogP) is 5.60. The van der Waals surface area contributed by atoms with Crippen LogP contribution >= 0.6 is 0 Å². The fraction of sp³-hybridized carbons (Fsp3) is 0.188. The lowest BCUT2D eigenvalue weighted by molar-refractivity contribution is 0.0602. The molecule has 2 heterocycles. The van der Waals surface area contributed by atoms with Crippen molar-refractivity contribution in [1.29, 1.82) is 0 Å². The summed E-state index contributed by atoms with van der Waals surface area (Å²) in [5, 5.41) is 0.868. The third kappa shape index (κ3) is 4.24. The topological polar surface area (TPSA) is 94.9 Å². The Hall–Kier alpha value is -4.63. The van der Waals surface area contributed by atoms with E-state index in [1.807, 2.05) is 44.2 Å². The second-order valence-corrected chi connectivity index (χ2v) is 12.1. The summed E-state index contributed by atoms with van der Waals surface area (Å²) in [6.07, 6.45) is 0. The molecule has 208 valence electrons. The number of hydrogen-bond donors (Lipinski definition) is 0. The molecule has 1 aliphatic heterocycles. The molecule has 1 amide bonds. The van der Waals surface area contributed by atoms with Crippen molar-refractivity contribution in [2.45, 2.75) is 31.8 Å². The standard InChI is InChI=1S/C32H28N2O6S/c1-19-8-10-21(11-9-19)17-33-18-22-15-26(32(36)40-4)30-29(28(22)31(33)35)25-16-23(39-3)12-13-27(25)34(30)41(37,38)24-7-5-6-20(2)14-24/h5-16H,17-18H2,1-4H3. The fourth-order valence-corrected chi connectivity index (χ4v) is 7.23. The van der Waals surface area contributed by atoms with Crippen LogP contribution in [0, 0.1) is 13.8 Å². The van der Waals surface area contributed by atoms with Gasteiger partial charge in [-0.15, -0.1) is 0 Å². The number of fused-ring (bicyclic) bond motifs is 5. The molecule has 0 saturated carbocycles. The first-order valence-electron chi connectivity index (χ1n) is 13.1. The van der Waals surface area contributed by atoms with Crippen LogP contribution in [0.2, 0.25) is 0 Å².